The molecule has 1 aromatic heterocycles. The molecule has 158 valence electrons. The van der Waals surface area contributed by atoms with Crippen LogP contribution in [-0.2, 0) is 10.0 Å². The fourth-order valence-electron chi connectivity index (χ4n) is 3.14. The first kappa shape index (κ1) is 21.5. The molecule has 0 unspecified atom stereocenters. The molecule has 2 heterocycles. The Morgan fingerprint density at radius 2 is 1.73 bits per heavy atom. The number of anilines is 1. The lowest BCUT2D eigenvalue weighted by atomic mass is 10.2. The molecule has 1 aliphatic rings. The van der Waals surface area contributed by atoms with Crippen LogP contribution in [0.1, 0.15) is 0 Å². The van der Waals surface area contributed by atoms with Crippen molar-refractivity contribution in [3.8, 4) is 11.3 Å². The Hall–Kier alpha value is -1.78. The van der Waals surface area contributed by atoms with Gasteiger partial charge in [0.2, 0.25) is 10.0 Å². The van der Waals surface area contributed by atoms with E-state index in [2.05, 4.69) is 4.98 Å². The molecular formula is C19H15Cl2F2N3O2S2. The van der Waals surface area contributed by atoms with E-state index in [4.69, 9.17) is 23.2 Å². The summed E-state index contributed by atoms with van der Waals surface area (Å²) in [5.41, 5.74) is 1.02. The van der Waals surface area contributed by atoms with Gasteiger partial charge in [-0.3, -0.25) is 0 Å². The Labute approximate surface area is 186 Å². The molecule has 1 saturated heterocycles. The zero-order valence-electron chi connectivity index (χ0n) is 15.4. The number of sulfonamides is 1. The van der Waals surface area contributed by atoms with Crippen LogP contribution in [0.25, 0.3) is 11.3 Å². The van der Waals surface area contributed by atoms with Crippen molar-refractivity contribution in [1.29, 1.82) is 0 Å². The van der Waals surface area contributed by atoms with Gasteiger partial charge < -0.3 is 4.90 Å². The van der Waals surface area contributed by atoms with Crippen LogP contribution in [-0.4, -0.2) is 43.9 Å². The summed E-state index contributed by atoms with van der Waals surface area (Å²) < 4.78 is 53.9. The highest BCUT2D eigenvalue weighted by molar-refractivity contribution is 7.89. The molecule has 0 radical (unpaired) electrons. The zero-order valence-corrected chi connectivity index (χ0v) is 18.5. The van der Waals surface area contributed by atoms with Crippen LogP contribution < -0.4 is 4.90 Å². The zero-order chi connectivity index (χ0) is 21.5. The van der Waals surface area contributed by atoms with Crippen LogP contribution in [0, 0.1) is 11.6 Å². The van der Waals surface area contributed by atoms with Crippen LogP contribution in [0.15, 0.2) is 46.7 Å². The lowest BCUT2D eigenvalue weighted by molar-refractivity contribution is 0.385. The van der Waals surface area contributed by atoms with Crippen molar-refractivity contribution in [2.45, 2.75) is 4.90 Å². The number of rotatable bonds is 4. The van der Waals surface area contributed by atoms with Crippen LogP contribution in [0.2, 0.25) is 10.0 Å². The van der Waals surface area contributed by atoms with Crippen molar-refractivity contribution in [3.63, 3.8) is 0 Å². The van der Waals surface area contributed by atoms with Gasteiger partial charge in [-0.05, 0) is 30.3 Å². The summed E-state index contributed by atoms with van der Waals surface area (Å²) in [4.78, 5) is 6.44. The molecule has 1 fully saturated rings. The number of piperazine rings is 1. The molecule has 0 atom stereocenters. The standard InChI is InChI=1S/C19H15Cl2F2N3O2S2/c20-13-2-1-3-17(18(13)21)30(27,28)26-8-6-25(7-9-26)19-24-16(11-29-19)12-4-5-14(22)15(23)10-12/h1-5,10-11H,6-9H2. The van der Waals surface area contributed by atoms with Crippen LogP contribution in [0.3, 0.4) is 0 Å². The van der Waals surface area contributed by atoms with Gasteiger partial charge in [-0.2, -0.15) is 4.31 Å². The molecule has 1 aliphatic heterocycles. The summed E-state index contributed by atoms with van der Waals surface area (Å²) in [5, 5.41) is 2.64. The van der Waals surface area contributed by atoms with Crippen molar-refractivity contribution in [2.75, 3.05) is 31.1 Å². The third-order valence-corrected chi connectivity index (χ3v) is 8.52. The maximum Gasteiger partial charge on any atom is 0.244 e. The summed E-state index contributed by atoms with van der Waals surface area (Å²) in [6, 6.07) is 8.16. The summed E-state index contributed by atoms with van der Waals surface area (Å²) in [5.74, 6) is -1.84. The van der Waals surface area contributed by atoms with Gasteiger partial charge in [-0.1, -0.05) is 29.3 Å². The topological polar surface area (TPSA) is 53.5 Å². The Kier molecular flexibility index (Phi) is 6.00. The summed E-state index contributed by atoms with van der Waals surface area (Å²) in [7, 11) is -3.77. The molecule has 0 amide bonds. The summed E-state index contributed by atoms with van der Waals surface area (Å²) >= 11 is 13.4. The highest BCUT2D eigenvalue weighted by Gasteiger charge is 2.31. The van der Waals surface area contributed by atoms with E-state index in [-0.39, 0.29) is 28.0 Å². The van der Waals surface area contributed by atoms with E-state index >= 15 is 0 Å². The normalized spacial score (nSPS) is 15.5. The van der Waals surface area contributed by atoms with E-state index in [1.165, 1.54) is 33.8 Å². The Balaban J connectivity index is 1.48. The summed E-state index contributed by atoms with van der Waals surface area (Å²) in [6.07, 6.45) is 0. The fourth-order valence-corrected chi connectivity index (χ4v) is 6.19. The van der Waals surface area contributed by atoms with Crippen molar-refractivity contribution in [2.24, 2.45) is 0 Å². The van der Waals surface area contributed by atoms with E-state index in [0.29, 0.717) is 29.5 Å². The minimum atomic E-state index is -3.77. The molecule has 0 saturated carbocycles. The minimum absolute atomic E-state index is 0.0118. The van der Waals surface area contributed by atoms with Gasteiger partial charge in [0.25, 0.3) is 0 Å². The molecule has 5 nitrogen and oxygen atoms in total. The predicted molar refractivity (Wildman–Crippen MR) is 115 cm³/mol. The van der Waals surface area contributed by atoms with Gasteiger partial charge >= 0.3 is 0 Å². The maximum absolute atomic E-state index is 13.5. The Bertz CT molecular complexity index is 1200. The quantitative estimate of drug-likeness (QED) is 0.522. The highest BCUT2D eigenvalue weighted by Crippen LogP contribution is 2.33. The first-order valence-electron chi connectivity index (χ1n) is 8.87. The lowest BCUT2D eigenvalue weighted by Crippen LogP contribution is -2.48. The second-order valence-corrected chi connectivity index (χ2v) is 10.1. The molecule has 2 aromatic carbocycles. The van der Waals surface area contributed by atoms with Crippen molar-refractivity contribution < 1.29 is 17.2 Å². The number of aromatic nitrogens is 1. The average molecular weight is 490 g/mol. The SMILES string of the molecule is O=S(=O)(c1cccc(Cl)c1Cl)N1CCN(c2nc(-c3ccc(F)c(F)c3)cs2)CC1. The van der Waals surface area contributed by atoms with E-state index in [9.17, 15) is 17.2 Å². The number of thiazole rings is 1. The van der Waals surface area contributed by atoms with Crippen LogP contribution in [0.5, 0.6) is 0 Å². The fraction of sp³-hybridized carbons (Fsp3) is 0.211. The first-order chi connectivity index (χ1) is 14.3. The van der Waals surface area contributed by atoms with E-state index < -0.39 is 21.7 Å². The molecule has 11 heteroatoms. The Morgan fingerprint density at radius 1 is 1.00 bits per heavy atom. The number of halogens is 4. The molecule has 0 spiro atoms. The van der Waals surface area contributed by atoms with E-state index in [1.807, 2.05) is 4.90 Å². The minimum Gasteiger partial charge on any atom is -0.345 e. The highest BCUT2D eigenvalue weighted by atomic mass is 35.5. The molecular weight excluding hydrogens is 475 g/mol. The second kappa shape index (κ2) is 8.39. The van der Waals surface area contributed by atoms with Crippen LogP contribution >= 0.6 is 34.5 Å². The lowest BCUT2D eigenvalue weighted by Gasteiger charge is -2.34. The van der Waals surface area contributed by atoms with Crippen molar-refractivity contribution in [3.05, 3.63) is 63.5 Å². The molecule has 3 aromatic rings. The number of benzene rings is 2. The predicted octanol–water partition coefficient (Wildman–Crippen LogP) is 4.91. The summed E-state index contributed by atoms with van der Waals surface area (Å²) in [6.45, 7) is 1.38. The van der Waals surface area contributed by atoms with E-state index in [1.54, 1.807) is 11.4 Å². The number of hydrogen-bond acceptors (Lipinski definition) is 5. The van der Waals surface area contributed by atoms with Gasteiger partial charge in [0, 0.05) is 37.1 Å². The molecule has 30 heavy (non-hydrogen) atoms. The monoisotopic (exact) mass is 489 g/mol. The van der Waals surface area contributed by atoms with Crippen LogP contribution in [0.4, 0.5) is 13.9 Å². The molecule has 4 rings (SSSR count). The Morgan fingerprint density at radius 3 is 2.43 bits per heavy atom. The maximum atomic E-state index is 13.5. The van der Waals surface area contributed by atoms with Gasteiger partial charge in [0.05, 0.1) is 15.7 Å². The van der Waals surface area contributed by atoms with Crippen molar-refractivity contribution in [1.82, 2.24) is 9.29 Å². The third-order valence-electron chi connectivity index (χ3n) is 4.75. The van der Waals surface area contributed by atoms with Gasteiger partial charge in [0.1, 0.15) is 4.90 Å². The van der Waals surface area contributed by atoms with Gasteiger partial charge in [-0.15, -0.1) is 11.3 Å². The van der Waals surface area contributed by atoms with Gasteiger partial charge in [0.15, 0.2) is 16.8 Å². The smallest absolute Gasteiger partial charge is 0.244 e. The number of nitrogens with zero attached hydrogens (tertiary/aromatic N) is 3. The number of hydrogen-bond donors (Lipinski definition) is 0. The average Bonchev–Trinajstić information content (AvgIpc) is 3.22. The van der Waals surface area contributed by atoms with Crippen molar-refractivity contribution >= 4 is 49.7 Å². The molecule has 0 N–H and O–H groups in total. The largest absolute Gasteiger partial charge is 0.345 e. The van der Waals surface area contributed by atoms with Gasteiger partial charge in [-0.25, -0.2) is 22.2 Å². The van der Waals surface area contributed by atoms with E-state index in [0.717, 1.165) is 12.1 Å². The second-order valence-electron chi connectivity index (χ2n) is 6.59. The molecule has 0 aliphatic carbocycles. The molecule has 0 bridgehead atoms. The first-order valence-corrected chi connectivity index (χ1v) is 11.9. The third kappa shape index (κ3) is 4.04.